The summed E-state index contributed by atoms with van der Waals surface area (Å²) in [5, 5.41) is 0.441. The highest BCUT2D eigenvalue weighted by Crippen LogP contribution is 2.38. The van der Waals surface area contributed by atoms with E-state index in [4.69, 9.17) is 18.6 Å². The van der Waals surface area contributed by atoms with Crippen LogP contribution in [0.15, 0.2) is 50.7 Å². The Balaban J connectivity index is 2.31. The molecule has 0 spiro atoms. The number of fused-ring (bicyclic) bond motifs is 1. The van der Waals surface area contributed by atoms with Crippen molar-refractivity contribution in [2.24, 2.45) is 0 Å². The van der Waals surface area contributed by atoms with Crippen molar-refractivity contribution in [3.05, 3.63) is 51.9 Å². The SMILES string of the molecule is COc1c(OC(C)=O)c(=O)oc2cccc(OCC=C(C)CCC=C(C)C)c12. The number of carbonyl (C=O) groups is 1. The van der Waals surface area contributed by atoms with Gasteiger partial charge < -0.3 is 18.6 Å². The van der Waals surface area contributed by atoms with Gasteiger partial charge in [-0.1, -0.05) is 23.3 Å². The Morgan fingerprint density at radius 1 is 1.11 bits per heavy atom. The lowest BCUT2D eigenvalue weighted by Gasteiger charge is -2.13. The van der Waals surface area contributed by atoms with Crippen molar-refractivity contribution in [2.75, 3.05) is 13.7 Å². The Hall–Kier alpha value is -3.02. The number of hydrogen-bond donors (Lipinski definition) is 0. The van der Waals surface area contributed by atoms with Crippen LogP contribution in [-0.4, -0.2) is 19.7 Å². The predicted molar refractivity (Wildman–Crippen MR) is 108 cm³/mol. The van der Waals surface area contributed by atoms with E-state index in [0.29, 0.717) is 23.3 Å². The van der Waals surface area contributed by atoms with E-state index in [1.165, 1.54) is 25.2 Å². The van der Waals surface area contributed by atoms with Crippen molar-refractivity contribution in [2.45, 2.75) is 40.5 Å². The van der Waals surface area contributed by atoms with Crippen LogP contribution in [0.3, 0.4) is 0 Å². The molecule has 0 N–H and O–H groups in total. The van der Waals surface area contributed by atoms with Gasteiger partial charge >= 0.3 is 11.6 Å². The van der Waals surface area contributed by atoms with E-state index in [2.05, 4.69) is 26.8 Å². The van der Waals surface area contributed by atoms with Crippen molar-refractivity contribution in [1.82, 2.24) is 0 Å². The van der Waals surface area contributed by atoms with E-state index < -0.39 is 11.6 Å². The van der Waals surface area contributed by atoms with E-state index in [-0.39, 0.29) is 11.5 Å². The summed E-state index contributed by atoms with van der Waals surface area (Å²) in [6.45, 7) is 7.78. The average Bonchev–Trinajstić information content (AvgIpc) is 2.62. The third-order valence-electron chi connectivity index (χ3n) is 4.02. The highest BCUT2D eigenvalue weighted by Gasteiger charge is 2.21. The van der Waals surface area contributed by atoms with Crippen molar-refractivity contribution >= 4 is 16.9 Å². The Bertz CT molecular complexity index is 961. The zero-order valence-corrected chi connectivity index (χ0v) is 17.0. The fourth-order valence-electron chi connectivity index (χ4n) is 2.68. The van der Waals surface area contributed by atoms with Gasteiger partial charge in [0.05, 0.1) is 7.11 Å². The maximum Gasteiger partial charge on any atom is 0.383 e. The molecule has 1 heterocycles. The lowest BCUT2D eigenvalue weighted by molar-refractivity contribution is -0.132. The van der Waals surface area contributed by atoms with Crippen LogP contribution in [0.4, 0.5) is 0 Å². The summed E-state index contributed by atoms with van der Waals surface area (Å²) in [7, 11) is 1.39. The quantitative estimate of drug-likeness (QED) is 0.369. The van der Waals surface area contributed by atoms with E-state index in [0.717, 1.165) is 12.8 Å². The van der Waals surface area contributed by atoms with Gasteiger partial charge in [-0.05, 0) is 51.8 Å². The van der Waals surface area contributed by atoms with Crippen LogP contribution >= 0.6 is 0 Å². The molecular weight excluding hydrogens is 360 g/mol. The largest absolute Gasteiger partial charge is 0.492 e. The molecule has 0 fully saturated rings. The Labute approximate surface area is 164 Å². The highest BCUT2D eigenvalue weighted by molar-refractivity contribution is 5.92. The third kappa shape index (κ3) is 5.49. The zero-order valence-electron chi connectivity index (χ0n) is 17.0. The minimum absolute atomic E-state index is 0.112. The molecule has 28 heavy (non-hydrogen) atoms. The number of hydrogen-bond acceptors (Lipinski definition) is 6. The fourth-order valence-corrected chi connectivity index (χ4v) is 2.68. The number of methoxy groups -OCH3 is 1. The number of allylic oxidation sites excluding steroid dienone is 3. The first kappa shape index (κ1) is 21.3. The molecular formula is C22H26O6. The van der Waals surface area contributed by atoms with Gasteiger partial charge in [-0.3, -0.25) is 4.79 Å². The molecule has 2 rings (SSSR count). The minimum atomic E-state index is -0.785. The lowest BCUT2D eigenvalue weighted by atomic mass is 10.1. The summed E-state index contributed by atoms with van der Waals surface area (Å²) in [6, 6.07) is 5.09. The predicted octanol–water partition coefficient (Wildman–Crippen LogP) is 4.80. The third-order valence-corrected chi connectivity index (χ3v) is 4.02. The molecule has 0 amide bonds. The molecule has 0 bridgehead atoms. The van der Waals surface area contributed by atoms with Gasteiger partial charge in [0.25, 0.3) is 5.75 Å². The second-order valence-corrected chi connectivity index (χ2v) is 6.66. The van der Waals surface area contributed by atoms with Crippen molar-refractivity contribution < 1.29 is 23.4 Å². The van der Waals surface area contributed by atoms with Crippen molar-refractivity contribution in [1.29, 1.82) is 0 Å². The molecule has 0 aliphatic heterocycles. The topological polar surface area (TPSA) is 75.0 Å². The summed E-state index contributed by atoms with van der Waals surface area (Å²) in [5.74, 6) is -0.341. The maximum atomic E-state index is 12.1. The standard InChI is InChI=1S/C22H26O6/c1-14(2)8-6-9-15(3)12-13-26-17-10-7-11-18-19(17)20(25-5)21(22(24)28-18)27-16(4)23/h7-8,10-12H,6,9,13H2,1-5H3. The first-order valence-corrected chi connectivity index (χ1v) is 9.07. The summed E-state index contributed by atoms with van der Waals surface area (Å²) >= 11 is 0. The Kier molecular flexibility index (Phi) is 7.44. The lowest BCUT2D eigenvalue weighted by Crippen LogP contribution is -2.13. The second-order valence-electron chi connectivity index (χ2n) is 6.66. The van der Waals surface area contributed by atoms with Gasteiger partial charge in [0.15, 0.2) is 5.75 Å². The van der Waals surface area contributed by atoms with Crippen LogP contribution < -0.4 is 19.8 Å². The summed E-state index contributed by atoms with van der Waals surface area (Å²) in [6.07, 6.45) is 6.16. The first-order valence-electron chi connectivity index (χ1n) is 9.07. The van der Waals surface area contributed by atoms with Gasteiger partial charge in [0.2, 0.25) is 0 Å². The van der Waals surface area contributed by atoms with Crippen molar-refractivity contribution in [3.8, 4) is 17.2 Å². The molecule has 0 radical (unpaired) electrons. The number of esters is 1. The molecule has 0 aliphatic rings. The Morgan fingerprint density at radius 3 is 2.50 bits per heavy atom. The van der Waals surface area contributed by atoms with Gasteiger partial charge in [-0.2, -0.15) is 0 Å². The first-order chi connectivity index (χ1) is 13.3. The van der Waals surface area contributed by atoms with Gasteiger partial charge in [0.1, 0.15) is 23.3 Å². The smallest absolute Gasteiger partial charge is 0.383 e. The highest BCUT2D eigenvalue weighted by atomic mass is 16.6. The maximum absolute atomic E-state index is 12.1. The minimum Gasteiger partial charge on any atom is -0.492 e. The summed E-state index contributed by atoms with van der Waals surface area (Å²) < 4.78 is 21.5. The van der Waals surface area contributed by atoms with E-state index >= 15 is 0 Å². The summed E-state index contributed by atoms with van der Waals surface area (Å²) in [5.41, 5.74) is 2.03. The Morgan fingerprint density at radius 2 is 1.86 bits per heavy atom. The van der Waals surface area contributed by atoms with Gasteiger partial charge in [-0.25, -0.2) is 4.79 Å². The molecule has 0 saturated heterocycles. The molecule has 0 atom stereocenters. The number of benzene rings is 1. The molecule has 0 saturated carbocycles. The van der Waals surface area contributed by atoms with E-state index in [1.54, 1.807) is 18.2 Å². The molecule has 0 aliphatic carbocycles. The normalized spacial score (nSPS) is 11.2. The van der Waals surface area contributed by atoms with Crippen LogP contribution in [0.1, 0.15) is 40.5 Å². The fraction of sp³-hybridized carbons (Fsp3) is 0.364. The number of carbonyl (C=O) groups excluding carboxylic acids is 1. The molecule has 6 nitrogen and oxygen atoms in total. The number of rotatable bonds is 8. The molecule has 1 aromatic carbocycles. The van der Waals surface area contributed by atoms with Gasteiger partial charge in [-0.15, -0.1) is 0 Å². The van der Waals surface area contributed by atoms with Crippen LogP contribution in [0, 0.1) is 0 Å². The van der Waals surface area contributed by atoms with Crippen LogP contribution in [0.2, 0.25) is 0 Å². The van der Waals surface area contributed by atoms with Crippen molar-refractivity contribution in [3.63, 3.8) is 0 Å². The van der Waals surface area contributed by atoms with Crippen LogP contribution in [-0.2, 0) is 4.79 Å². The monoisotopic (exact) mass is 386 g/mol. The molecule has 150 valence electrons. The van der Waals surface area contributed by atoms with E-state index in [1.807, 2.05) is 6.08 Å². The van der Waals surface area contributed by atoms with E-state index in [9.17, 15) is 9.59 Å². The number of ether oxygens (including phenoxy) is 3. The van der Waals surface area contributed by atoms with Crippen LogP contribution in [0.5, 0.6) is 17.2 Å². The van der Waals surface area contributed by atoms with Gasteiger partial charge in [0, 0.05) is 6.92 Å². The average molecular weight is 386 g/mol. The molecule has 1 aromatic heterocycles. The zero-order chi connectivity index (χ0) is 20.7. The molecule has 0 unspecified atom stereocenters. The second kappa shape index (κ2) is 9.78. The summed E-state index contributed by atoms with van der Waals surface area (Å²) in [4.78, 5) is 23.5. The van der Waals surface area contributed by atoms with Crippen LogP contribution in [0.25, 0.3) is 11.0 Å². The molecule has 6 heteroatoms. The molecule has 2 aromatic rings.